The molecule has 0 aromatic heterocycles. The van der Waals surface area contributed by atoms with Crippen molar-refractivity contribution in [2.24, 2.45) is 0 Å². The predicted molar refractivity (Wildman–Crippen MR) is 77.8 cm³/mol. The van der Waals surface area contributed by atoms with E-state index in [1.54, 1.807) is 0 Å². The van der Waals surface area contributed by atoms with E-state index in [2.05, 4.69) is 11.7 Å². The van der Waals surface area contributed by atoms with Crippen LogP contribution in [0.4, 0.5) is 0 Å². The van der Waals surface area contributed by atoms with Gasteiger partial charge in [0, 0.05) is 0 Å². The second-order valence-electron chi connectivity index (χ2n) is 6.03. The molecule has 0 radical (unpaired) electrons. The van der Waals surface area contributed by atoms with Crippen LogP contribution < -0.4 is 0 Å². The summed E-state index contributed by atoms with van der Waals surface area (Å²) in [6.07, 6.45) is -16.0. The molecule has 2 heterocycles. The van der Waals surface area contributed by atoms with E-state index in [-0.39, 0.29) is 0 Å². The minimum Gasteiger partial charge on any atom is -0.486 e. The largest absolute Gasteiger partial charge is 0.486 e. The van der Waals surface area contributed by atoms with Gasteiger partial charge in [0.05, 0.1) is 6.61 Å². The van der Waals surface area contributed by atoms with Crippen LogP contribution in [0, 0.1) is 6.92 Å². The number of aliphatic hydroxyl groups is 7. The molecule has 2 saturated heterocycles. The van der Waals surface area contributed by atoms with Gasteiger partial charge in [0.25, 0.3) is 0 Å². The first-order chi connectivity index (χ1) is 12.2. The van der Waals surface area contributed by atoms with E-state index in [1.807, 2.05) is 0 Å². The summed E-state index contributed by atoms with van der Waals surface area (Å²) in [5, 5.41) is 68.3. The number of ether oxygens (including phenoxy) is 4. The molecule has 2 aliphatic heterocycles. The Hall–Kier alpha value is -2.06. The third-order valence-corrected chi connectivity index (χ3v) is 4.19. The van der Waals surface area contributed by atoms with Crippen molar-refractivity contribution < 1.29 is 59.5 Å². The first-order valence-electron chi connectivity index (χ1n) is 7.81. The topological polar surface area (TPSA) is 196 Å². The fourth-order valence-corrected chi connectivity index (χ4v) is 2.65. The number of rotatable bonds is 5. The van der Waals surface area contributed by atoms with Gasteiger partial charge in [0.15, 0.2) is 18.5 Å². The number of aliphatic hydroxyl groups excluding tert-OH is 7. The molecule has 0 aromatic rings. The monoisotopic (exact) mass is 650 g/mol. The Kier molecular flexibility index (Phi) is 7.86. The first kappa shape index (κ1) is 23.0. The second-order valence-corrected chi connectivity index (χ2v) is 6.03. The molecule has 2 rings (SSSR count). The molecule has 0 aromatic carbocycles. The molecule has 13 heteroatoms. The van der Waals surface area contributed by atoms with Crippen LogP contribution in [-0.2, 0) is 23.7 Å². The Balaban J connectivity index is 0.00000364. The zero-order chi connectivity index (χ0) is 19.6. The Bertz CT molecular complexity index is 479. The minimum absolute atomic E-state index is 0. The number of carbonyl (C=O) groups excluding carboxylic acids is 1. The number of carbonyl (C=O) groups is 1. The van der Waals surface area contributed by atoms with Crippen molar-refractivity contribution in [1.82, 2.24) is 0 Å². The standard InChI is InChI=1S/C14H23O12.Rf/c1-4(16)23-3-6-8(18)10(20)12(22)14(25-6)26-13-11(21)9(19)7(17)5(2-15)24-13;/h5-15,17-22H,1-3H2;/q-1;. The normalized spacial score (nSPS) is 45.0. The Labute approximate surface area is 148 Å². The summed E-state index contributed by atoms with van der Waals surface area (Å²) in [5.74, 6) is -0.909. The van der Waals surface area contributed by atoms with Crippen LogP contribution in [0.3, 0.4) is 0 Å². The van der Waals surface area contributed by atoms with E-state index in [4.69, 9.17) is 19.3 Å². The first-order valence-corrected chi connectivity index (χ1v) is 7.81. The molecule has 2 aliphatic rings. The molecule has 0 spiro atoms. The SMILES string of the molecule is [CH2-]C(=O)OCC1OC(OC2OC(CO)C(O)C(O)C2O)C(O)C(O)C1O.[Rf]. The number of hydrogen-bond donors (Lipinski definition) is 7. The van der Waals surface area contributed by atoms with Gasteiger partial charge in [-0.1, -0.05) is 0 Å². The van der Waals surface area contributed by atoms with Gasteiger partial charge in [-0.25, -0.2) is 0 Å². The summed E-state index contributed by atoms with van der Waals surface area (Å²) < 4.78 is 20.1. The number of hydrogen-bond acceptors (Lipinski definition) is 12. The molecule has 7 N–H and O–H groups in total. The summed E-state index contributed by atoms with van der Waals surface area (Å²) in [6, 6.07) is 0. The van der Waals surface area contributed by atoms with Crippen molar-refractivity contribution in [3.63, 3.8) is 0 Å². The van der Waals surface area contributed by atoms with Gasteiger partial charge in [-0.2, -0.15) is 0 Å². The fourth-order valence-electron chi connectivity index (χ4n) is 2.65. The number of esters is 1. The van der Waals surface area contributed by atoms with Crippen LogP contribution in [0.25, 0.3) is 0 Å². The Morgan fingerprint density at radius 3 is 1.70 bits per heavy atom. The van der Waals surface area contributed by atoms with Crippen LogP contribution in [0.15, 0.2) is 0 Å². The Morgan fingerprint density at radius 2 is 1.26 bits per heavy atom. The van der Waals surface area contributed by atoms with Crippen LogP contribution in [0.1, 0.15) is 0 Å². The summed E-state index contributed by atoms with van der Waals surface area (Å²) >= 11 is 0. The molecular weight excluding hydrogens is 627 g/mol. The molecule has 10 unspecified atom stereocenters. The molecule has 0 amide bonds. The maximum atomic E-state index is 10.8. The van der Waals surface area contributed by atoms with Crippen molar-refractivity contribution in [3.05, 3.63) is 6.92 Å². The van der Waals surface area contributed by atoms with Crippen LogP contribution in [-0.4, -0.2) is 116 Å². The molecule has 27 heavy (non-hydrogen) atoms. The maximum Gasteiger partial charge on any atom is 0.189 e. The van der Waals surface area contributed by atoms with Gasteiger partial charge < -0.3 is 54.7 Å². The zero-order valence-corrected chi connectivity index (χ0v) is 20.7. The van der Waals surface area contributed by atoms with E-state index in [1.165, 1.54) is 0 Å². The van der Waals surface area contributed by atoms with Crippen LogP contribution in [0.2, 0.25) is 0 Å². The molecule has 10 atom stereocenters. The molecular formula is C14H23O12Rf-. The van der Waals surface area contributed by atoms with E-state index >= 15 is 0 Å². The molecule has 2 fully saturated rings. The van der Waals surface area contributed by atoms with Crippen molar-refractivity contribution in [3.8, 4) is 0 Å². The average molecular weight is 650 g/mol. The van der Waals surface area contributed by atoms with Gasteiger partial charge >= 0.3 is 0 Å². The molecule has 0 aliphatic carbocycles. The Morgan fingerprint density at radius 1 is 0.815 bits per heavy atom. The summed E-state index contributed by atoms with van der Waals surface area (Å²) in [6.45, 7) is 1.78. The van der Waals surface area contributed by atoms with Gasteiger partial charge in [-0.05, 0) is 0 Å². The van der Waals surface area contributed by atoms with Gasteiger partial charge in [0.2, 0.25) is 0 Å². The van der Waals surface area contributed by atoms with Crippen LogP contribution in [0.5, 0.6) is 0 Å². The quantitative estimate of drug-likeness (QED) is 0.111. The van der Waals surface area contributed by atoms with E-state index in [9.17, 15) is 35.4 Å². The summed E-state index contributed by atoms with van der Waals surface area (Å²) in [4.78, 5) is 10.8. The second kappa shape index (κ2) is 9.23. The van der Waals surface area contributed by atoms with E-state index in [0.717, 1.165) is 0 Å². The minimum atomic E-state index is -1.77. The third-order valence-electron chi connectivity index (χ3n) is 4.19. The van der Waals surface area contributed by atoms with Gasteiger partial charge in [0.1, 0.15) is 55.4 Å². The fraction of sp³-hybridized carbons (Fsp3) is 0.857. The van der Waals surface area contributed by atoms with Crippen molar-refractivity contribution in [2.75, 3.05) is 13.2 Å². The molecule has 12 nitrogen and oxygen atoms in total. The van der Waals surface area contributed by atoms with Crippen molar-refractivity contribution in [1.29, 1.82) is 0 Å². The van der Waals surface area contributed by atoms with E-state index in [0.29, 0.717) is 0 Å². The smallest absolute Gasteiger partial charge is 0.189 e. The zero-order valence-electron chi connectivity index (χ0n) is 14.3. The third kappa shape index (κ3) is 4.81. The molecule has 154 valence electrons. The summed E-state index contributed by atoms with van der Waals surface area (Å²) in [5.41, 5.74) is 0. The average Bonchev–Trinajstić information content (AvgIpc) is 2.61. The van der Waals surface area contributed by atoms with Gasteiger partial charge in [-0.15, -0.1) is 0 Å². The molecule has 0 saturated carbocycles. The van der Waals surface area contributed by atoms with Crippen LogP contribution >= 0.6 is 0 Å². The van der Waals surface area contributed by atoms with Crippen molar-refractivity contribution in [2.45, 2.75) is 61.4 Å². The summed E-state index contributed by atoms with van der Waals surface area (Å²) in [7, 11) is 0. The van der Waals surface area contributed by atoms with Gasteiger partial charge in [-0.3, -0.25) is 11.7 Å². The molecule has 0 bridgehead atoms. The maximum absolute atomic E-state index is 10.8. The van der Waals surface area contributed by atoms with E-state index < -0.39 is 80.6 Å². The van der Waals surface area contributed by atoms with Crippen molar-refractivity contribution >= 4 is 5.97 Å². The predicted octanol–water partition coefficient (Wildman–Crippen LogP) is -5.01.